The molecule has 0 spiro atoms. The zero-order valence-corrected chi connectivity index (χ0v) is 26.1. The summed E-state index contributed by atoms with van der Waals surface area (Å²) in [5.41, 5.74) is 9.07. The van der Waals surface area contributed by atoms with Crippen molar-refractivity contribution in [2.75, 3.05) is 19.2 Å². The summed E-state index contributed by atoms with van der Waals surface area (Å²) >= 11 is 1.88. The Kier molecular flexibility index (Phi) is 6.12. The van der Waals surface area contributed by atoms with Crippen molar-refractivity contribution in [1.82, 2.24) is 0 Å². The second-order valence-corrected chi connectivity index (χ2v) is 12.8. The second-order valence-electron chi connectivity index (χ2n) is 11.7. The highest BCUT2D eigenvalue weighted by Crippen LogP contribution is 2.50. The topological polar surface area (TPSA) is 13.0 Å². The summed E-state index contributed by atoms with van der Waals surface area (Å²) in [6, 6.07) is 29.1. The summed E-state index contributed by atoms with van der Waals surface area (Å²) in [5.74, 6) is 7.40. The molecule has 0 N–H and O–H groups in total. The summed E-state index contributed by atoms with van der Waals surface area (Å²) in [6.07, 6.45) is 24.8. The van der Waals surface area contributed by atoms with E-state index in [9.17, 15) is 0 Å². The van der Waals surface area contributed by atoms with Crippen molar-refractivity contribution in [1.29, 1.82) is 0 Å². The fraction of sp³-hybridized carbons (Fsp3) is 0.0256. The normalized spacial score (nSPS) is 16.2. The Bertz CT molecular complexity index is 2300. The van der Waals surface area contributed by atoms with E-state index >= 15 is 0 Å². The van der Waals surface area contributed by atoms with Crippen LogP contribution in [0, 0.1) is 12.3 Å². The van der Waals surface area contributed by atoms with Crippen LogP contribution in [0.2, 0.25) is 0 Å². The number of benzene rings is 4. The monoisotopic (exact) mass is 606 g/mol. The molecule has 0 aliphatic carbocycles. The molecule has 0 amide bonds. The predicted octanol–water partition coefficient (Wildman–Crippen LogP) is 9.62. The van der Waals surface area contributed by atoms with Crippen LogP contribution >= 0.6 is 11.3 Å². The first kappa shape index (κ1) is 26.8. The van der Waals surface area contributed by atoms with Crippen LogP contribution in [0.3, 0.4) is 0 Å². The number of thiophene rings is 1. The van der Waals surface area contributed by atoms with Crippen molar-refractivity contribution in [3.05, 3.63) is 151 Å². The average molecular weight is 606 g/mol. The average Bonchev–Trinajstić information content (AvgIpc) is 3.76. The molecule has 46 heavy (non-hydrogen) atoms. The van der Waals surface area contributed by atoms with Crippen LogP contribution in [0.25, 0.3) is 31.3 Å². The minimum atomic E-state index is -0.000902. The summed E-state index contributed by atoms with van der Waals surface area (Å²) in [5, 5.41) is 2.63. The van der Waals surface area contributed by atoms with Gasteiger partial charge in [0.15, 0.2) is 0 Å². The Balaban J connectivity index is 1.15. The lowest BCUT2D eigenvalue weighted by molar-refractivity contribution is 1.34. The number of terminal acetylenes is 1. The van der Waals surface area contributed by atoms with E-state index in [0.717, 1.165) is 17.1 Å². The highest BCUT2D eigenvalue weighted by molar-refractivity contribution is 7.26. The van der Waals surface area contributed by atoms with Gasteiger partial charge in [-0.1, -0.05) is 84.6 Å². The first-order valence-electron chi connectivity index (χ1n) is 15.6. The maximum Gasteiger partial charge on any atom is 0.413 e. The van der Waals surface area contributed by atoms with Crippen molar-refractivity contribution in [3.63, 3.8) is 0 Å². The Morgan fingerprint density at radius 3 is 2.20 bits per heavy atom. The third kappa shape index (κ3) is 3.90. The van der Waals surface area contributed by atoms with Gasteiger partial charge in [0.2, 0.25) is 0 Å². The summed E-state index contributed by atoms with van der Waals surface area (Å²) in [4.78, 5) is 9.42. The van der Waals surface area contributed by atoms with E-state index < -0.39 is 0 Å². The molecule has 0 radical (unpaired) electrons. The third-order valence-electron chi connectivity index (χ3n) is 9.24. The van der Waals surface area contributed by atoms with E-state index in [1.54, 1.807) is 0 Å². The zero-order valence-electron chi connectivity index (χ0n) is 25.3. The van der Waals surface area contributed by atoms with Gasteiger partial charge in [-0.25, -0.2) is 0 Å². The molecule has 5 aromatic rings. The van der Waals surface area contributed by atoms with Crippen molar-refractivity contribution >= 4 is 73.9 Å². The Morgan fingerprint density at radius 2 is 1.41 bits per heavy atom. The quantitative estimate of drug-likeness (QED) is 0.115. The number of rotatable bonds is 4. The van der Waals surface area contributed by atoms with Crippen molar-refractivity contribution in [3.8, 4) is 23.5 Å². The van der Waals surface area contributed by atoms with E-state index in [2.05, 4.69) is 153 Å². The van der Waals surface area contributed by atoms with Gasteiger partial charge in [-0.3, -0.25) is 0 Å². The van der Waals surface area contributed by atoms with Gasteiger partial charge >= 0.3 is 14.0 Å². The molecule has 0 saturated carbocycles. The number of allylic oxidation sites excluding steroid dienone is 8. The molecule has 4 aliphatic heterocycles. The maximum atomic E-state index is 6.03. The van der Waals surface area contributed by atoms with E-state index in [1.807, 2.05) is 36.5 Å². The fourth-order valence-corrected chi connectivity index (χ4v) is 8.42. The van der Waals surface area contributed by atoms with Crippen LogP contribution in [0.15, 0.2) is 151 Å². The SMILES string of the molecule is C#C/C(=C\C=C/C)N1B2C=CC=CN2c2cc(-c3ccc4c(c3)N3C=CC=CB3N4c3cccc4c3sc3ccccc34)ccc21. The molecule has 9 rings (SSSR count). The molecule has 5 heterocycles. The van der Waals surface area contributed by atoms with Gasteiger partial charge in [-0.05, 0) is 85.1 Å². The maximum absolute atomic E-state index is 6.03. The standard InChI is InChI=1S/C39H28B2N4S/c1-3-5-13-30(4-2)44-33-20-18-28(26-36(33)42-24-10-8-22-40(42)44)29-19-21-34-37(27-29)43-25-11-9-23-41(43)45(34)35-16-12-15-32-31-14-6-7-17-38(31)46-39(32)35/h2-3,5-27H,1H3/b5-3-,30-13+. The number of hydrogen-bond acceptors (Lipinski definition) is 5. The van der Waals surface area contributed by atoms with Gasteiger partial charge in [0, 0.05) is 21.2 Å². The fourth-order valence-electron chi connectivity index (χ4n) is 7.20. The molecule has 4 nitrogen and oxygen atoms in total. The van der Waals surface area contributed by atoms with Gasteiger partial charge in [0.25, 0.3) is 0 Å². The van der Waals surface area contributed by atoms with Crippen LogP contribution < -0.4 is 19.2 Å². The molecule has 216 valence electrons. The second kappa shape index (κ2) is 10.5. The van der Waals surface area contributed by atoms with Crippen LogP contribution in [-0.4, -0.2) is 14.0 Å². The van der Waals surface area contributed by atoms with Gasteiger partial charge in [-0.2, -0.15) is 0 Å². The molecular formula is C39H28B2N4S. The predicted molar refractivity (Wildman–Crippen MR) is 201 cm³/mol. The van der Waals surface area contributed by atoms with Crippen molar-refractivity contribution < 1.29 is 0 Å². The van der Waals surface area contributed by atoms with E-state index in [1.165, 1.54) is 48.4 Å². The highest BCUT2D eigenvalue weighted by atomic mass is 32.1. The van der Waals surface area contributed by atoms with Crippen molar-refractivity contribution in [2.24, 2.45) is 0 Å². The summed E-state index contributed by atoms with van der Waals surface area (Å²) in [6.45, 7) is 2.07. The lowest BCUT2D eigenvalue weighted by Gasteiger charge is -2.27. The molecule has 1 aromatic heterocycles. The zero-order chi connectivity index (χ0) is 30.8. The van der Waals surface area contributed by atoms with Crippen LogP contribution in [-0.2, 0) is 0 Å². The lowest BCUT2D eigenvalue weighted by Crippen LogP contribution is -2.44. The first-order valence-corrected chi connectivity index (χ1v) is 16.4. The van der Waals surface area contributed by atoms with Gasteiger partial charge in [0.05, 0.1) is 33.1 Å². The number of nitrogens with zero attached hydrogens (tertiary/aromatic N) is 4. The minimum Gasteiger partial charge on any atom is -0.366 e. The Labute approximate surface area is 274 Å². The van der Waals surface area contributed by atoms with E-state index in [4.69, 9.17) is 6.42 Å². The van der Waals surface area contributed by atoms with E-state index in [0.29, 0.717) is 0 Å². The summed E-state index contributed by atoms with van der Waals surface area (Å²) in [7, 11) is 0. The molecule has 0 atom stereocenters. The molecule has 4 aromatic carbocycles. The molecule has 0 saturated heterocycles. The molecule has 0 bridgehead atoms. The van der Waals surface area contributed by atoms with Gasteiger partial charge < -0.3 is 19.2 Å². The first-order chi connectivity index (χ1) is 22.7. The number of hydrogen-bond donors (Lipinski definition) is 0. The largest absolute Gasteiger partial charge is 0.413 e. The number of anilines is 5. The molecule has 7 heteroatoms. The van der Waals surface area contributed by atoms with Crippen molar-refractivity contribution in [2.45, 2.75) is 6.92 Å². The molecule has 0 unspecified atom stereocenters. The third-order valence-corrected chi connectivity index (χ3v) is 10.4. The highest BCUT2D eigenvalue weighted by Gasteiger charge is 2.42. The van der Waals surface area contributed by atoms with E-state index in [-0.39, 0.29) is 14.0 Å². The molecule has 0 fully saturated rings. The smallest absolute Gasteiger partial charge is 0.366 e. The van der Waals surface area contributed by atoms with Crippen LogP contribution in [0.4, 0.5) is 28.4 Å². The lowest BCUT2D eigenvalue weighted by atomic mass is 9.71. The van der Waals surface area contributed by atoms with Crippen LogP contribution in [0.5, 0.6) is 0 Å². The summed E-state index contributed by atoms with van der Waals surface area (Å²) < 4.78 is 2.64. The minimum absolute atomic E-state index is 0.000902. The Morgan fingerprint density at radius 1 is 0.717 bits per heavy atom. The number of fused-ring (bicyclic) bond motifs is 9. The molecular weight excluding hydrogens is 578 g/mol. The van der Waals surface area contributed by atoms with Gasteiger partial charge in [0.1, 0.15) is 0 Å². The van der Waals surface area contributed by atoms with Crippen LogP contribution in [0.1, 0.15) is 6.92 Å². The Hall–Kier alpha value is -5.57. The van der Waals surface area contributed by atoms with Gasteiger partial charge in [-0.15, -0.1) is 17.8 Å². The molecule has 4 aliphatic rings.